The Morgan fingerprint density at radius 2 is 1.90 bits per heavy atom. The van der Waals surface area contributed by atoms with Gasteiger partial charge in [0.1, 0.15) is 5.82 Å². The maximum absolute atomic E-state index is 11.4. The number of carboxylic acid groups (broad SMARTS) is 1. The minimum Gasteiger partial charge on any atom is -0.478 e. The number of aromatic nitrogens is 6. The zero-order valence-electron chi connectivity index (χ0n) is 21.3. The maximum Gasteiger partial charge on any atom is 0.336 e. The van der Waals surface area contributed by atoms with Crippen LogP contribution in [-0.4, -0.2) is 41.3 Å². The second-order valence-electron chi connectivity index (χ2n) is 8.99. The second kappa shape index (κ2) is 12.3. The van der Waals surface area contributed by atoms with E-state index in [1.165, 1.54) is 11.3 Å². The summed E-state index contributed by atoms with van der Waals surface area (Å²) >= 11 is 7.95. The normalized spacial score (nSPS) is 11.2. The Bertz CT molecular complexity index is 1550. The van der Waals surface area contributed by atoms with E-state index in [0.29, 0.717) is 22.4 Å². The molecule has 200 valence electrons. The van der Waals surface area contributed by atoms with Gasteiger partial charge in [0, 0.05) is 23.4 Å². The van der Waals surface area contributed by atoms with E-state index < -0.39 is 5.97 Å². The molecule has 5 rings (SSSR count). The second-order valence-corrected chi connectivity index (χ2v) is 10.3. The molecule has 39 heavy (non-hydrogen) atoms. The number of imidazole rings is 1. The van der Waals surface area contributed by atoms with Gasteiger partial charge in [-0.3, -0.25) is 0 Å². The molecule has 0 fully saturated rings. The van der Waals surface area contributed by atoms with E-state index in [0.717, 1.165) is 53.0 Å². The number of carbonyl (C=O) groups is 1. The summed E-state index contributed by atoms with van der Waals surface area (Å²) in [7, 11) is 0. The molecule has 0 saturated carbocycles. The van der Waals surface area contributed by atoms with E-state index in [1.807, 2.05) is 24.3 Å². The number of hydrogen-bond donors (Lipinski definition) is 2. The lowest BCUT2D eigenvalue weighted by Crippen LogP contribution is -2.10. The van der Waals surface area contributed by atoms with Crippen LogP contribution < -0.4 is 0 Å². The Morgan fingerprint density at radius 1 is 1.10 bits per heavy atom. The number of nitrogens with zero attached hydrogens (tertiary/aromatic N) is 5. The van der Waals surface area contributed by atoms with Crippen molar-refractivity contribution in [3.63, 3.8) is 0 Å². The molecule has 0 bridgehead atoms. The van der Waals surface area contributed by atoms with Crippen molar-refractivity contribution in [3.05, 3.63) is 92.7 Å². The summed E-state index contributed by atoms with van der Waals surface area (Å²) in [4.78, 5) is 16.7. The lowest BCUT2D eigenvalue weighted by molar-refractivity contribution is 0.0685. The highest BCUT2D eigenvalue weighted by Gasteiger charge is 2.18. The molecule has 0 amide bonds. The third-order valence-electron chi connectivity index (χ3n) is 6.42. The fourth-order valence-electron chi connectivity index (χ4n) is 4.42. The monoisotopic (exact) mass is 562 g/mol. The van der Waals surface area contributed by atoms with Gasteiger partial charge >= 0.3 is 5.97 Å². The van der Waals surface area contributed by atoms with Crippen molar-refractivity contribution in [2.24, 2.45) is 0 Å². The van der Waals surface area contributed by atoms with E-state index in [4.69, 9.17) is 16.3 Å². The predicted octanol–water partition coefficient (Wildman–Crippen LogP) is 6.25. The first-order valence-electron chi connectivity index (χ1n) is 12.6. The first-order valence-corrected chi connectivity index (χ1v) is 13.8. The fourth-order valence-corrected chi connectivity index (χ4v) is 5.47. The van der Waals surface area contributed by atoms with Gasteiger partial charge in [-0.05, 0) is 39.8 Å². The zero-order chi connectivity index (χ0) is 27.2. The lowest BCUT2D eigenvalue weighted by atomic mass is 9.98. The van der Waals surface area contributed by atoms with Crippen LogP contribution in [0.15, 0.2) is 60.0 Å². The Kier molecular flexibility index (Phi) is 8.45. The number of unbranched alkanes of at least 4 members (excludes halogenated alkanes) is 1. The van der Waals surface area contributed by atoms with Crippen LogP contribution in [0, 0.1) is 0 Å². The number of tetrazole rings is 1. The van der Waals surface area contributed by atoms with E-state index in [1.54, 1.807) is 11.4 Å². The Balaban J connectivity index is 1.37. The molecule has 0 radical (unpaired) electrons. The van der Waals surface area contributed by atoms with Crippen LogP contribution in [0.1, 0.15) is 52.1 Å². The van der Waals surface area contributed by atoms with Crippen LogP contribution in [0.3, 0.4) is 0 Å². The number of aromatic amines is 1. The summed E-state index contributed by atoms with van der Waals surface area (Å²) in [6.45, 7) is 3.15. The predicted molar refractivity (Wildman–Crippen MR) is 150 cm³/mol. The number of hydrogen-bond acceptors (Lipinski definition) is 7. The molecular formula is C28H27ClN6O3S. The number of H-pyrrole nitrogens is 1. The van der Waals surface area contributed by atoms with Crippen molar-refractivity contribution >= 4 is 28.9 Å². The molecule has 0 saturated heterocycles. The van der Waals surface area contributed by atoms with E-state index >= 15 is 0 Å². The third kappa shape index (κ3) is 6.08. The van der Waals surface area contributed by atoms with Gasteiger partial charge in [0.25, 0.3) is 0 Å². The van der Waals surface area contributed by atoms with Crippen molar-refractivity contribution in [1.29, 1.82) is 0 Å². The van der Waals surface area contributed by atoms with Crippen LogP contribution >= 0.6 is 22.9 Å². The molecule has 0 aliphatic heterocycles. The standard InChI is InChI=1S/C28H27ClN6O3S/c1-2-3-8-25-30-26(29)23(16-38-17-24-22(28(36)37)13-14-39-24)35(25)15-18-9-11-19(12-10-18)20-6-4-5-7-21(20)27-31-33-34-32-27/h4-7,9-14H,2-3,8,15-17H2,1H3,(H,36,37)(H,31,32,33,34). The largest absolute Gasteiger partial charge is 0.478 e. The molecule has 2 N–H and O–H groups in total. The van der Waals surface area contributed by atoms with E-state index in [9.17, 15) is 9.90 Å². The van der Waals surface area contributed by atoms with Crippen LogP contribution in [0.4, 0.5) is 0 Å². The van der Waals surface area contributed by atoms with Crippen LogP contribution in [0.25, 0.3) is 22.5 Å². The van der Waals surface area contributed by atoms with Gasteiger partial charge in [-0.2, -0.15) is 5.21 Å². The summed E-state index contributed by atoms with van der Waals surface area (Å²) in [6.07, 6.45) is 2.85. The molecule has 0 spiro atoms. The molecule has 11 heteroatoms. The number of carboxylic acids is 1. The average Bonchev–Trinajstić information content (AvgIpc) is 3.70. The van der Waals surface area contributed by atoms with Gasteiger partial charge in [0.05, 0.1) is 24.5 Å². The van der Waals surface area contributed by atoms with Gasteiger partial charge in [-0.25, -0.2) is 9.78 Å². The summed E-state index contributed by atoms with van der Waals surface area (Å²) in [5.74, 6) is 0.503. The minimum absolute atomic E-state index is 0.194. The van der Waals surface area contributed by atoms with Crippen molar-refractivity contribution in [2.75, 3.05) is 0 Å². The summed E-state index contributed by atoms with van der Waals surface area (Å²) in [5.41, 5.74) is 5.10. The number of rotatable bonds is 12. The SMILES string of the molecule is CCCCc1nc(Cl)c(COCc2sccc2C(=O)O)n1Cc1ccc(-c2ccccc2-c2nn[nH]n2)cc1. The highest BCUT2D eigenvalue weighted by molar-refractivity contribution is 7.10. The van der Waals surface area contributed by atoms with Crippen molar-refractivity contribution in [1.82, 2.24) is 30.2 Å². The third-order valence-corrected chi connectivity index (χ3v) is 7.62. The van der Waals surface area contributed by atoms with Crippen LogP contribution in [-0.2, 0) is 30.9 Å². The lowest BCUT2D eigenvalue weighted by Gasteiger charge is -2.14. The number of nitrogens with one attached hydrogen (secondary N) is 1. The molecular weight excluding hydrogens is 536 g/mol. The quantitative estimate of drug-likeness (QED) is 0.184. The summed E-state index contributed by atoms with van der Waals surface area (Å²) in [5, 5.41) is 26.0. The summed E-state index contributed by atoms with van der Waals surface area (Å²) in [6, 6.07) is 17.9. The first-order chi connectivity index (χ1) is 19.0. The molecule has 3 aromatic heterocycles. The first kappa shape index (κ1) is 26.7. The van der Waals surface area contributed by atoms with E-state index in [2.05, 4.69) is 61.4 Å². The minimum atomic E-state index is -0.955. The molecule has 3 heterocycles. The molecule has 0 aliphatic rings. The Morgan fingerprint density at radius 3 is 2.62 bits per heavy atom. The zero-order valence-corrected chi connectivity index (χ0v) is 22.9. The highest BCUT2D eigenvalue weighted by atomic mass is 35.5. The maximum atomic E-state index is 11.4. The number of ether oxygens (including phenoxy) is 1. The van der Waals surface area contributed by atoms with Crippen molar-refractivity contribution in [2.45, 2.75) is 45.9 Å². The van der Waals surface area contributed by atoms with Crippen LogP contribution in [0.5, 0.6) is 0 Å². The fraction of sp³-hybridized carbons (Fsp3) is 0.250. The number of aromatic carboxylic acids is 1. The Labute approximate surface area is 234 Å². The van der Waals surface area contributed by atoms with Crippen molar-refractivity contribution in [3.8, 4) is 22.5 Å². The van der Waals surface area contributed by atoms with Crippen LogP contribution in [0.2, 0.25) is 5.15 Å². The van der Waals surface area contributed by atoms with Gasteiger partial charge in [-0.15, -0.1) is 21.5 Å². The topological polar surface area (TPSA) is 119 Å². The van der Waals surface area contributed by atoms with Gasteiger partial charge in [0.15, 0.2) is 5.15 Å². The molecule has 0 aliphatic carbocycles. The van der Waals surface area contributed by atoms with Gasteiger partial charge in [-0.1, -0.05) is 73.5 Å². The number of aryl methyl sites for hydroxylation is 1. The number of benzene rings is 2. The van der Waals surface area contributed by atoms with Crippen molar-refractivity contribution < 1.29 is 14.6 Å². The average molecular weight is 563 g/mol. The molecule has 2 aromatic carbocycles. The number of thiophene rings is 1. The Hall–Kier alpha value is -3.86. The molecule has 5 aromatic rings. The molecule has 0 atom stereocenters. The van der Waals surface area contributed by atoms with E-state index in [-0.39, 0.29) is 18.8 Å². The molecule has 0 unspecified atom stereocenters. The molecule has 9 nitrogen and oxygen atoms in total. The summed E-state index contributed by atoms with van der Waals surface area (Å²) < 4.78 is 8.06. The van der Waals surface area contributed by atoms with Gasteiger partial charge < -0.3 is 14.4 Å². The van der Waals surface area contributed by atoms with Gasteiger partial charge in [0.2, 0.25) is 5.82 Å². The highest BCUT2D eigenvalue weighted by Crippen LogP contribution is 2.30. The number of halogens is 1. The smallest absolute Gasteiger partial charge is 0.336 e.